The zero-order chi connectivity index (χ0) is 32.8. The maximum atomic E-state index is 13.7. The lowest BCUT2D eigenvalue weighted by Gasteiger charge is -2.34. The number of piperazine rings is 1. The van der Waals surface area contributed by atoms with Gasteiger partial charge >= 0.3 is 0 Å². The van der Waals surface area contributed by atoms with Gasteiger partial charge in [-0.3, -0.25) is 9.59 Å². The minimum Gasteiger partial charge on any atom is -0.369 e. The van der Waals surface area contributed by atoms with E-state index in [-0.39, 0.29) is 29.2 Å². The summed E-state index contributed by atoms with van der Waals surface area (Å²) in [7, 11) is 2.14. The van der Waals surface area contributed by atoms with E-state index in [9.17, 15) is 9.59 Å². The van der Waals surface area contributed by atoms with Crippen LogP contribution in [-0.2, 0) is 4.79 Å². The van der Waals surface area contributed by atoms with Crippen molar-refractivity contribution in [3.05, 3.63) is 101 Å². The number of hydrogen-bond acceptors (Lipinski definition) is 8. The van der Waals surface area contributed by atoms with Gasteiger partial charge in [0.25, 0.3) is 5.91 Å². The largest absolute Gasteiger partial charge is 0.369 e. The summed E-state index contributed by atoms with van der Waals surface area (Å²) >= 11 is 6.42. The van der Waals surface area contributed by atoms with Gasteiger partial charge in [0.1, 0.15) is 11.4 Å². The lowest BCUT2D eigenvalue weighted by atomic mass is 10.0. The summed E-state index contributed by atoms with van der Waals surface area (Å²) in [5, 5.41) is 12.7. The average molecular weight is 639 g/mol. The Kier molecular flexibility index (Phi) is 10.2. The summed E-state index contributed by atoms with van der Waals surface area (Å²) in [4.78, 5) is 39.9. The molecule has 0 radical (unpaired) electrons. The van der Waals surface area contributed by atoms with Crippen LogP contribution < -0.4 is 26.2 Å². The number of hydrogen-bond donors (Lipinski definition) is 4. The maximum absolute atomic E-state index is 13.7. The van der Waals surface area contributed by atoms with Crippen molar-refractivity contribution in [3.63, 3.8) is 0 Å². The van der Waals surface area contributed by atoms with Crippen LogP contribution in [0.1, 0.15) is 41.3 Å². The van der Waals surface area contributed by atoms with Crippen LogP contribution in [0, 0.1) is 6.92 Å². The van der Waals surface area contributed by atoms with Gasteiger partial charge in [0.15, 0.2) is 0 Å². The molecule has 3 aromatic carbocycles. The van der Waals surface area contributed by atoms with Crippen LogP contribution in [0.3, 0.4) is 0 Å². The first-order valence-corrected chi connectivity index (χ1v) is 15.6. The number of likely N-dealkylation sites (N-methyl/N-ethyl adjacent to an activating group) is 1. The molecule has 0 spiro atoms. The normalized spacial score (nSPS) is 13.3. The highest BCUT2D eigenvalue weighted by molar-refractivity contribution is 6.34. The number of para-hydroxylation sites is 1. The number of anilines is 7. The molecule has 0 bridgehead atoms. The number of rotatable bonds is 10. The lowest BCUT2D eigenvalue weighted by Crippen LogP contribution is -2.44. The lowest BCUT2D eigenvalue weighted by molar-refractivity contribution is -0.111. The van der Waals surface area contributed by atoms with E-state index in [0.717, 1.165) is 48.7 Å². The molecule has 4 N–H and O–H groups in total. The topological polar surface area (TPSA) is 115 Å². The standard InChI is InChI=1S/C35H39ClN8O2/c1-6-31(45)39-29-15-10-24(22(2)3)20-30(29)40-33-27(34(46)41-32-23(4)8-7-9-28(32)36)21-37-35(42-33)38-25-11-13-26(14-12-25)44-18-16-43(5)17-19-44/h6-15,20-22H,1,16-19H2,2-5H3,(H,39,45)(H,41,46)(H2,37,38,40,42). The number of benzene rings is 3. The van der Waals surface area contributed by atoms with Gasteiger partial charge in [-0.25, -0.2) is 4.98 Å². The van der Waals surface area contributed by atoms with E-state index in [0.29, 0.717) is 22.1 Å². The first-order chi connectivity index (χ1) is 22.1. The highest BCUT2D eigenvalue weighted by atomic mass is 35.5. The van der Waals surface area contributed by atoms with Crippen molar-refractivity contribution in [3.8, 4) is 0 Å². The van der Waals surface area contributed by atoms with Crippen LogP contribution in [0.2, 0.25) is 5.02 Å². The summed E-state index contributed by atoms with van der Waals surface area (Å²) in [5.74, 6) is -0.0658. The number of carbonyl (C=O) groups excluding carboxylic acids is 2. The first-order valence-electron chi connectivity index (χ1n) is 15.2. The second kappa shape index (κ2) is 14.4. The molecule has 1 aliphatic heterocycles. The van der Waals surface area contributed by atoms with Crippen LogP contribution >= 0.6 is 11.6 Å². The van der Waals surface area contributed by atoms with Crippen LogP contribution in [0.15, 0.2) is 79.5 Å². The quantitative estimate of drug-likeness (QED) is 0.135. The van der Waals surface area contributed by atoms with Gasteiger partial charge in [-0.05, 0) is 79.6 Å². The van der Waals surface area contributed by atoms with Gasteiger partial charge in [-0.2, -0.15) is 4.98 Å². The van der Waals surface area contributed by atoms with Crippen molar-refractivity contribution in [1.82, 2.24) is 14.9 Å². The fraction of sp³-hybridized carbons (Fsp3) is 0.257. The van der Waals surface area contributed by atoms with Crippen molar-refractivity contribution >= 4 is 63.6 Å². The number of aryl methyl sites for hydroxylation is 1. The highest BCUT2D eigenvalue weighted by Crippen LogP contribution is 2.32. The molecule has 11 heteroatoms. The first kappa shape index (κ1) is 32.5. The zero-order valence-electron chi connectivity index (χ0n) is 26.5. The number of aromatic nitrogens is 2. The highest BCUT2D eigenvalue weighted by Gasteiger charge is 2.20. The third-order valence-corrected chi connectivity index (χ3v) is 8.21. The Morgan fingerprint density at radius 1 is 0.957 bits per heavy atom. The molecular weight excluding hydrogens is 600 g/mol. The number of nitrogens with zero attached hydrogens (tertiary/aromatic N) is 4. The van der Waals surface area contributed by atoms with Gasteiger partial charge in [0.2, 0.25) is 11.9 Å². The predicted octanol–water partition coefficient (Wildman–Crippen LogP) is 7.18. The number of carbonyl (C=O) groups is 2. The van der Waals surface area contributed by atoms with Crippen molar-refractivity contribution in [2.45, 2.75) is 26.7 Å². The monoisotopic (exact) mass is 638 g/mol. The molecule has 5 rings (SSSR count). The fourth-order valence-electron chi connectivity index (χ4n) is 5.07. The minimum absolute atomic E-state index is 0.186. The Morgan fingerprint density at radius 3 is 2.37 bits per heavy atom. The molecular formula is C35H39ClN8O2. The van der Waals surface area contributed by atoms with Crippen molar-refractivity contribution in [1.29, 1.82) is 0 Å². The van der Waals surface area contributed by atoms with Crippen molar-refractivity contribution in [2.24, 2.45) is 0 Å². The van der Waals surface area contributed by atoms with Crippen LogP contribution in [0.5, 0.6) is 0 Å². The smallest absolute Gasteiger partial charge is 0.261 e. The van der Waals surface area contributed by atoms with E-state index in [1.54, 1.807) is 6.07 Å². The molecule has 238 valence electrons. The van der Waals surface area contributed by atoms with Crippen molar-refractivity contribution < 1.29 is 9.59 Å². The second-order valence-electron chi connectivity index (χ2n) is 11.6. The fourth-order valence-corrected chi connectivity index (χ4v) is 5.34. The molecule has 1 aromatic heterocycles. The van der Waals surface area contributed by atoms with E-state index in [2.05, 4.69) is 75.7 Å². The molecule has 1 fully saturated rings. The van der Waals surface area contributed by atoms with Crippen LogP contribution in [-0.4, -0.2) is 59.9 Å². The third kappa shape index (κ3) is 7.82. The number of halogens is 1. The maximum Gasteiger partial charge on any atom is 0.261 e. The molecule has 1 aliphatic rings. The second-order valence-corrected chi connectivity index (χ2v) is 12.0. The van der Waals surface area contributed by atoms with Crippen LogP contribution in [0.4, 0.5) is 40.2 Å². The predicted molar refractivity (Wildman–Crippen MR) is 188 cm³/mol. The number of nitrogens with one attached hydrogen (secondary N) is 4. The van der Waals surface area contributed by atoms with E-state index >= 15 is 0 Å². The van der Waals surface area contributed by atoms with Gasteiger partial charge in [-0.1, -0.05) is 50.2 Å². The average Bonchev–Trinajstić information content (AvgIpc) is 3.04. The molecule has 0 aliphatic carbocycles. The summed E-state index contributed by atoms with van der Waals surface area (Å²) in [5.41, 5.74) is 5.56. The summed E-state index contributed by atoms with van der Waals surface area (Å²) in [6.45, 7) is 13.6. The number of amides is 2. The minimum atomic E-state index is -0.446. The van der Waals surface area contributed by atoms with Gasteiger partial charge < -0.3 is 31.1 Å². The molecule has 4 aromatic rings. The molecule has 0 unspecified atom stereocenters. The molecule has 0 atom stereocenters. The van der Waals surface area contributed by atoms with E-state index < -0.39 is 5.91 Å². The Morgan fingerprint density at radius 2 is 1.70 bits per heavy atom. The van der Waals surface area contributed by atoms with E-state index in [4.69, 9.17) is 16.6 Å². The van der Waals surface area contributed by atoms with E-state index in [1.807, 2.05) is 49.4 Å². The molecule has 2 amide bonds. The summed E-state index contributed by atoms with van der Waals surface area (Å²) < 4.78 is 0. The molecule has 0 saturated carbocycles. The van der Waals surface area contributed by atoms with E-state index in [1.165, 1.54) is 12.3 Å². The Balaban J connectivity index is 1.48. The van der Waals surface area contributed by atoms with Gasteiger partial charge in [0, 0.05) is 43.8 Å². The zero-order valence-corrected chi connectivity index (χ0v) is 27.3. The summed E-state index contributed by atoms with van der Waals surface area (Å²) in [6, 6.07) is 19.2. The molecule has 1 saturated heterocycles. The molecule has 10 nitrogen and oxygen atoms in total. The Labute approximate surface area is 274 Å². The van der Waals surface area contributed by atoms with Gasteiger partial charge in [0.05, 0.1) is 22.1 Å². The van der Waals surface area contributed by atoms with Crippen LogP contribution in [0.25, 0.3) is 0 Å². The third-order valence-electron chi connectivity index (χ3n) is 7.89. The molecule has 46 heavy (non-hydrogen) atoms. The Bertz CT molecular complexity index is 1710. The van der Waals surface area contributed by atoms with Gasteiger partial charge in [-0.15, -0.1) is 0 Å². The molecule has 2 heterocycles. The summed E-state index contributed by atoms with van der Waals surface area (Å²) in [6.07, 6.45) is 2.67. The van der Waals surface area contributed by atoms with Crippen molar-refractivity contribution in [2.75, 3.05) is 59.4 Å². The Hall–Kier alpha value is -4.93. The SMILES string of the molecule is C=CC(=O)Nc1ccc(C(C)C)cc1Nc1nc(Nc2ccc(N3CCN(C)CC3)cc2)ncc1C(=O)Nc1c(C)cccc1Cl.